The Morgan fingerprint density at radius 3 is 2.94 bits per heavy atom. The van der Waals surface area contributed by atoms with Crippen LogP contribution in [0.5, 0.6) is 5.75 Å². The minimum absolute atomic E-state index is 0.806. The van der Waals surface area contributed by atoms with E-state index in [1.807, 2.05) is 25.3 Å². The number of rotatable bonds is 9. The normalized spacial score (nSPS) is 10.2. The van der Waals surface area contributed by atoms with Crippen molar-refractivity contribution in [3.05, 3.63) is 42.5 Å². The van der Waals surface area contributed by atoms with Crippen molar-refractivity contribution in [2.24, 2.45) is 0 Å². The molecular formula is C15H23NO. The maximum Gasteiger partial charge on any atom is 0.119 e. The van der Waals surface area contributed by atoms with Gasteiger partial charge in [-0.15, -0.1) is 6.58 Å². The second kappa shape index (κ2) is 8.82. The smallest absolute Gasteiger partial charge is 0.119 e. The lowest BCUT2D eigenvalue weighted by atomic mass is 10.2. The summed E-state index contributed by atoms with van der Waals surface area (Å²) in [7, 11) is 1.95. The standard InChI is InChI=1S/C15H23NO/c1-3-4-5-6-7-11-17-15-10-8-9-14(12-15)13-16-2/h3,8-10,12,16H,1,4-7,11,13H2,2H3. The van der Waals surface area contributed by atoms with E-state index >= 15 is 0 Å². The van der Waals surface area contributed by atoms with Crippen molar-refractivity contribution in [3.8, 4) is 5.75 Å². The number of unbranched alkanes of at least 4 members (excludes halogenated alkanes) is 3. The lowest BCUT2D eigenvalue weighted by Crippen LogP contribution is -2.05. The molecule has 0 spiro atoms. The molecule has 0 atom stereocenters. The first-order valence-electron chi connectivity index (χ1n) is 6.34. The molecule has 1 N–H and O–H groups in total. The molecule has 0 aliphatic rings. The molecule has 17 heavy (non-hydrogen) atoms. The van der Waals surface area contributed by atoms with Crippen LogP contribution in [0.15, 0.2) is 36.9 Å². The van der Waals surface area contributed by atoms with Crippen LogP contribution in [0.25, 0.3) is 0 Å². The fourth-order valence-corrected chi connectivity index (χ4v) is 1.71. The first-order chi connectivity index (χ1) is 8.36. The highest BCUT2D eigenvalue weighted by Gasteiger charge is 1.96. The molecule has 0 unspecified atom stereocenters. The third-order valence-electron chi connectivity index (χ3n) is 2.60. The fourth-order valence-electron chi connectivity index (χ4n) is 1.71. The summed E-state index contributed by atoms with van der Waals surface area (Å²) < 4.78 is 5.72. The average molecular weight is 233 g/mol. The van der Waals surface area contributed by atoms with Gasteiger partial charge in [0.05, 0.1) is 6.61 Å². The van der Waals surface area contributed by atoms with E-state index in [4.69, 9.17) is 4.74 Å². The molecule has 0 aromatic heterocycles. The Morgan fingerprint density at radius 1 is 1.29 bits per heavy atom. The molecule has 0 aliphatic heterocycles. The molecule has 0 bridgehead atoms. The lowest BCUT2D eigenvalue weighted by Gasteiger charge is -2.07. The molecule has 0 heterocycles. The number of ether oxygens (including phenoxy) is 1. The predicted octanol–water partition coefficient (Wildman–Crippen LogP) is 3.53. The zero-order valence-corrected chi connectivity index (χ0v) is 10.7. The van der Waals surface area contributed by atoms with Gasteiger partial charge < -0.3 is 10.1 Å². The second-order valence-corrected chi connectivity index (χ2v) is 4.16. The van der Waals surface area contributed by atoms with Gasteiger partial charge in [0.15, 0.2) is 0 Å². The molecule has 1 rings (SSSR count). The van der Waals surface area contributed by atoms with Gasteiger partial charge in [-0.3, -0.25) is 0 Å². The summed E-state index contributed by atoms with van der Waals surface area (Å²) in [4.78, 5) is 0. The van der Waals surface area contributed by atoms with Gasteiger partial charge >= 0.3 is 0 Å². The van der Waals surface area contributed by atoms with E-state index in [1.165, 1.54) is 18.4 Å². The second-order valence-electron chi connectivity index (χ2n) is 4.16. The Kier molecular flexibility index (Phi) is 7.15. The number of allylic oxidation sites excluding steroid dienone is 1. The molecular weight excluding hydrogens is 210 g/mol. The van der Waals surface area contributed by atoms with E-state index in [2.05, 4.69) is 24.0 Å². The number of nitrogens with one attached hydrogen (secondary N) is 1. The van der Waals surface area contributed by atoms with Crippen molar-refractivity contribution in [3.63, 3.8) is 0 Å². The van der Waals surface area contributed by atoms with Crippen molar-refractivity contribution in [1.82, 2.24) is 5.32 Å². The topological polar surface area (TPSA) is 21.3 Å². The van der Waals surface area contributed by atoms with Crippen LogP contribution in [-0.2, 0) is 6.54 Å². The third-order valence-corrected chi connectivity index (χ3v) is 2.60. The predicted molar refractivity (Wildman–Crippen MR) is 73.4 cm³/mol. The van der Waals surface area contributed by atoms with E-state index in [-0.39, 0.29) is 0 Å². The van der Waals surface area contributed by atoms with E-state index in [1.54, 1.807) is 0 Å². The molecule has 1 aromatic rings. The zero-order valence-electron chi connectivity index (χ0n) is 10.7. The lowest BCUT2D eigenvalue weighted by molar-refractivity contribution is 0.305. The third kappa shape index (κ3) is 6.12. The van der Waals surface area contributed by atoms with Gasteiger partial charge in [0.1, 0.15) is 5.75 Å². The summed E-state index contributed by atoms with van der Waals surface area (Å²) in [6, 6.07) is 8.26. The van der Waals surface area contributed by atoms with Crippen LogP contribution >= 0.6 is 0 Å². The highest BCUT2D eigenvalue weighted by molar-refractivity contribution is 5.28. The Morgan fingerprint density at radius 2 is 2.18 bits per heavy atom. The van der Waals surface area contributed by atoms with Gasteiger partial charge in [-0.25, -0.2) is 0 Å². The fraction of sp³-hybridized carbons (Fsp3) is 0.467. The van der Waals surface area contributed by atoms with Crippen LogP contribution in [0.3, 0.4) is 0 Å². The minimum Gasteiger partial charge on any atom is -0.494 e. The summed E-state index contributed by atoms with van der Waals surface area (Å²) in [5.74, 6) is 0.974. The maximum absolute atomic E-state index is 5.72. The molecule has 2 nitrogen and oxygen atoms in total. The Labute approximate surface area is 105 Å². The first kappa shape index (κ1) is 13.8. The van der Waals surface area contributed by atoms with Gasteiger partial charge in [-0.05, 0) is 50.4 Å². The zero-order chi connectivity index (χ0) is 12.3. The van der Waals surface area contributed by atoms with Gasteiger partial charge in [-0.2, -0.15) is 0 Å². The Balaban J connectivity index is 2.21. The van der Waals surface area contributed by atoms with Crippen molar-refractivity contribution in [2.75, 3.05) is 13.7 Å². The van der Waals surface area contributed by atoms with Crippen molar-refractivity contribution in [1.29, 1.82) is 0 Å². The highest BCUT2D eigenvalue weighted by atomic mass is 16.5. The van der Waals surface area contributed by atoms with Crippen molar-refractivity contribution in [2.45, 2.75) is 32.2 Å². The molecule has 0 saturated carbocycles. The van der Waals surface area contributed by atoms with E-state index < -0.39 is 0 Å². The molecule has 0 amide bonds. The van der Waals surface area contributed by atoms with E-state index in [0.29, 0.717) is 0 Å². The Bertz CT molecular complexity index is 322. The Hall–Kier alpha value is -1.28. The van der Waals surface area contributed by atoms with Crippen LogP contribution in [0.4, 0.5) is 0 Å². The summed E-state index contributed by atoms with van der Waals surface area (Å²) in [6.07, 6.45) is 6.62. The van der Waals surface area contributed by atoms with E-state index in [9.17, 15) is 0 Å². The molecule has 94 valence electrons. The summed E-state index contributed by atoms with van der Waals surface area (Å²) in [5, 5.41) is 3.14. The van der Waals surface area contributed by atoms with Crippen LogP contribution in [0, 0.1) is 0 Å². The quantitative estimate of drug-likeness (QED) is 0.520. The molecule has 2 heteroatoms. The monoisotopic (exact) mass is 233 g/mol. The van der Waals surface area contributed by atoms with Crippen molar-refractivity contribution < 1.29 is 4.74 Å². The van der Waals surface area contributed by atoms with Gasteiger partial charge in [-0.1, -0.05) is 18.2 Å². The van der Waals surface area contributed by atoms with Gasteiger partial charge in [0.25, 0.3) is 0 Å². The summed E-state index contributed by atoms with van der Waals surface area (Å²) in [5.41, 5.74) is 1.26. The molecule has 0 fully saturated rings. The molecule has 1 aromatic carbocycles. The number of hydrogen-bond donors (Lipinski definition) is 1. The largest absolute Gasteiger partial charge is 0.494 e. The average Bonchev–Trinajstić information content (AvgIpc) is 2.35. The van der Waals surface area contributed by atoms with Gasteiger partial charge in [0, 0.05) is 6.54 Å². The summed E-state index contributed by atoms with van der Waals surface area (Å²) >= 11 is 0. The van der Waals surface area contributed by atoms with Crippen LogP contribution in [0.1, 0.15) is 31.2 Å². The molecule has 0 radical (unpaired) electrons. The van der Waals surface area contributed by atoms with Crippen molar-refractivity contribution >= 4 is 0 Å². The van der Waals surface area contributed by atoms with E-state index in [0.717, 1.165) is 31.7 Å². The summed E-state index contributed by atoms with van der Waals surface area (Å²) in [6.45, 7) is 5.41. The molecule has 0 aliphatic carbocycles. The minimum atomic E-state index is 0.806. The maximum atomic E-state index is 5.72. The highest BCUT2D eigenvalue weighted by Crippen LogP contribution is 2.14. The number of hydrogen-bond acceptors (Lipinski definition) is 2. The number of benzene rings is 1. The van der Waals surface area contributed by atoms with Gasteiger partial charge in [0.2, 0.25) is 0 Å². The van der Waals surface area contributed by atoms with Crippen LogP contribution < -0.4 is 10.1 Å². The molecule has 0 saturated heterocycles. The first-order valence-corrected chi connectivity index (χ1v) is 6.34. The SMILES string of the molecule is C=CCCCCCOc1cccc(CNC)c1. The van der Waals surface area contributed by atoms with Crippen LogP contribution in [-0.4, -0.2) is 13.7 Å². The van der Waals surface area contributed by atoms with Crippen LogP contribution in [0.2, 0.25) is 0 Å².